The summed E-state index contributed by atoms with van der Waals surface area (Å²) in [6.45, 7) is 13.0. The van der Waals surface area contributed by atoms with Crippen LogP contribution in [0.15, 0.2) is 24.3 Å². The van der Waals surface area contributed by atoms with Crippen LogP contribution in [0.1, 0.15) is 32.6 Å². The number of likely N-dealkylation sites (tertiary alicyclic amines) is 2. The Hall–Kier alpha value is -1.17. The molecule has 0 unspecified atom stereocenters. The molecule has 0 saturated carbocycles. The van der Waals surface area contributed by atoms with Crippen LogP contribution in [0.2, 0.25) is 0 Å². The fraction of sp³-hybridized carbons (Fsp3) is 0.727. The second kappa shape index (κ2) is 8.89. The minimum atomic E-state index is -0.149. The summed E-state index contributed by atoms with van der Waals surface area (Å²) < 4.78 is 13.2. The number of hydrogen-bond donors (Lipinski definition) is 0. The Labute approximate surface area is 163 Å². The van der Waals surface area contributed by atoms with Crippen molar-refractivity contribution in [3.05, 3.63) is 30.1 Å². The van der Waals surface area contributed by atoms with E-state index < -0.39 is 0 Å². The minimum absolute atomic E-state index is 0.149. The minimum Gasteiger partial charge on any atom is -0.369 e. The van der Waals surface area contributed by atoms with Gasteiger partial charge in [-0.25, -0.2) is 4.39 Å². The molecular weight excluding hydrogens is 339 g/mol. The van der Waals surface area contributed by atoms with Crippen molar-refractivity contribution >= 4 is 5.69 Å². The van der Waals surface area contributed by atoms with Crippen molar-refractivity contribution in [1.29, 1.82) is 0 Å². The molecule has 3 aliphatic rings. The first-order chi connectivity index (χ1) is 13.2. The Kier molecular flexibility index (Phi) is 6.31. The highest BCUT2D eigenvalue weighted by Crippen LogP contribution is 2.25. The first-order valence-electron chi connectivity index (χ1n) is 10.9. The lowest BCUT2D eigenvalue weighted by atomic mass is 9.97. The summed E-state index contributed by atoms with van der Waals surface area (Å²) in [7, 11) is 0. The third kappa shape index (κ3) is 4.64. The van der Waals surface area contributed by atoms with E-state index in [1.165, 1.54) is 58.4 Å². The van der Waals surface area contributed by atoms with Crippen LogP contribution in [0.25, 0.3) is 0 Å². The summed E-state index contributed by atoms with van der Waals surface area (Å²) >= 11 is 0. The van der Waals surface area contributed by atoms with E-state index in [2.05, 4.69) is 26.5 Å². The molecule has 3 saturated heterocycles. The molecular formula is C22H35FN4. The lowest BCUT2D eigenvalue weighted by Crippen LogP contribution is -2.57. The number of nitrogens with zero attached hydrogens (tertiary/aromatic N) is 4. The van der Waals surface area contributed by atoms with Crippen molar-refractivity contribution in [2.75, 3.05) is 63.8 Å². The lowest BCUT2D eigenvalue weighted by Gasteiger charge is -2.47. The fourth-order valence-corrected chi connectivity index (χ4v) is 5.21. The van der Waals surface area contributed by atoms with Crippen molar-refractivity contribution in [2.24, 2.45) is 0 Å². The molecule has 1 aromatic carbocycles. The van der Waals surface area contributed by atoms with Gasteiger partial charge in [0, 0.05) is 50.5 Å². The Balaban J connectivity index is 1.27. The van der Waals surface area contributed by atoms with Crippen molar-refractivity contribution < 1.29 is 4.39 Å². The van der Waals surface area contributed by atoms with Gasteiger partial charge < -0.3 is 9.80 Å². The molecule has 150 valence electrons. The molecule has 27 heavy (non-hydrogen) atoms. The van der Waals surface area contributed by atoms with Gasteiger partial charge in [0.05, 0.1) is 0 Å². The largest absolute Gasteiger partial charge is 0.369 e. The zero-order chi connectivity index (χ0) is 18.6. The molecule has 0 N–H and O–H groups in total. The van der Waals surface area contributed by atoms with E-state index in [0.717, 1.165) is 44.0 Å². The van der Waals surface area contributed by atoms with Gasteiger partial charge in [-0.15, -0.1) is 0 Å². The standard InChI is InChI=1S/C22H35FN4/c1-2-24-12-9-21(10-13-24)27-11-3-4-22(18-27)26-16-14-25(15-17-26)20-7-5-19(23)6-8-20/h5-8,21-22H,2-4,9-18H2,1H3/t22-/m1/s1. The van der Waals surface area contributed by atoms with E-state index in [0.29, 0.717) is 0 Å². The molecule has 0 bridgehead atoms. The lowest BCUT2D eigenvalue weighted by molar-refractivity contribution is 0.0427. The van der Waals surface area contributed by atoms with Crippen LogP contribution in [0.3, 0.4) is 0 Å². The van der Waals surface area contributed by atoms with Gasteiger partial charge in [-0.3, -0.25) is 9.80 Å². The predicted molar refractivity (Wildman–Crippen MR) is 110 cm³/mol. The van der Waals surface area contributed by atoms with Crippen molar-refractivity contribution in [3.8, 4) is 0 Å². The number of benzene rings is 1. The van der Waals surface area contributed by atoms with E-state index in [9.17, 15) is 4.39 Å². The third-order valence-corrected chi connectivity index (χ3v) is 6.97. The molecule has 0 radical (unpaired) electrons. The molecule has 3 fully saturated rings. The number of rotatable bonds is 4. The first kappa shape index (κ1) is 19.2. The van der Waals surface area contributed by atoms with E-state index in [1.54, 1.807) is 12.1 Å². The van der Waals surface area contributed by atoms with E-state index in [4.69, 9.17) is 0 Å². The zero-order valence-corrected chi connectivity index (χ0v) is 16.8. The highest BCUT2D eigenvalue weighted by molar-refractivity contribution is 5.46. The summed E-state index contributed by atoms with van der Waals surface area (Å²) in [5, 5.41) is 0. The molecule has 0 spiro atoms. The highest BCUT2D eigenvalue weighted by atomic mass is 19.1. The van der Waals surface area contributed by atoms with Crippen LogP contribution in [0.5, 0.6) is 0 Å². The SMILES string of the molecule is CCN1CCC(N2CCC[C@@H](N3CCN(c4ccc(F)cc4)CC3)C2)CC1. The van der Waals surface area contributed by atoms with E-state index in [1.807, 2.05) is 12.1 Å². The van der Waals surface area contributed by atoms with E-state index >= 15 is 0 Å². The van der Waals surface area contributed by atoms with Gasteiger partial charge in [-0.1, -0.05) is 6.92 Å². The smallest absolute Gasteiger partial charge is 0.123 e. The summed E-state index contributed by atoms with van der Waals surface area (Å²) in [5.74, 6) is -0.149. The number of piperidine rings is 2. The number of piperazine rings is 1. The van der Waals surface area contributed by atoms with Gasteiger partial charge in [0.15, 0.2) is 0 Å². The topological polar surface area (TPSA) is 13.0 Å². The Morgan fingerprint density at radius 3 is 2.19 bits per heavy atom. The van der Waals surface area contributed by atoms with Crippen LogP contribution in [-0.2, 0) is 0 Å². The van der Waals surface area contributed by atoms with Crippen LogP contribution in [0, 0.1) is 5.82 Å². The van der Waals surface area contributed by atoms with Gasteiger partial charge in [0.1, 0.15) is 5.82 Å². The quantitative estimate of drug-likeness (QED) is 0.803. The van der Waals surface area contributed by atoms with Crippen LogP contribution >= 0.6 is 0 Å². The number of halogens is 1. The van der Waals surface area contributed by atoms with Crippen molar-refractivity contribution in [2.45, 2.75) is 44.7 Å². The maximum absolute atomic E-state index is 13.2. The molecule has 4 nitrogen and oxygen atoms in total. The van der Waals surface area contributed by atoms with Gasteiger partial charge in [0.25, 0.3) is 0 Å². The van der Waals surface area contributed by atoms with Gasteiger partial charge in [0.2, 0.25) is 0 Å². The molecule has 3 heterocycles. The molecule has 4 rings (SSSR count). The Bertz CT molecular complexity index is 576. The summed E-state index contributed by atoms with van der Waals surface area (Å²) in [6.07, 6.45) is 5.38. The van der Waals surface area contributed by atoms with Gasteiger partial charge in [-0.2, -0.15) is 0 Å². The molecule has 3 aliphatic heterocycles. The second-order valence-corrected chi connectivity index (χ2v) is 8.46. The average molecular weight is 375 g/mol. The van der Waals surface area contributed by atoms with Gasteiger partial charge >= 0.3 is 0 Å². The Morgan fingerprint density at radius 1 is 0.815 bits per heavy atom. The third-order valence-electron chi connectivity index (χ3n) is 6.97. The van der Waals surface area contributed by atoms with Gasteiger partial charge in [-0.05, 0) is 76.1 Å². The maximum Gasteiger partial charge on any atom is 0.123 e. The molecule has 0 aliphatic carbocycles. The summed E-state index contributed by atoms with van der Waals surface area (Å²) in [5.41, 5.74) is 1.16. The first-order valence-corrected chi connectivity index (χ1v) is 10.9. The van der Waals surface area contributed by atoms with E-state index in [-0.39, 0.29) is 5.82 Å². The number of anilines is 1. The van der Waals surface area contributed by atoms with Crippen LogP contribution < -0.4 is 4.90 Å². The summed E-state index contributed by atoms with van der Waals surface area (Å²) in [4.78, 5) is 10.5. The monoisotopic (exact) mass is 374 g/mol. The van der Waals surface area contributed by atoms with Crippen LogP contribution in [-0.4, -0.2) is 85.7 Å². The van der Waals surface area contributed by atoms with Crippen molar-refractivity contribution in [3.63, 3.8) is 0 Å². The molecule has 5 heteroatoms. The number of hydrogen-bond acceptors (Lipinski definition) is 4. The maximum atomic E-state index is 13.2. The molecule has 0 amide bonds. The average Bonchev–Trinajstić information content (AvgIpc) is 2.75. The highest BCUT2D eigenvalue weighted by Gasteiger charge is 2.32. The molecule has 0 aromatic heterocycles. The predicted octanol–water partition coefficient (Wildman–Crippen LogP) is 2.90. The van der Waals surface area contributed by atoms with Crippen molar-refractivity contribution in [1.82, 2.24) is 14.7 Å². The molecule has 1 atom stereocenters. The molecule has 1 aromatic rings. The Morgan fingerprint density at radius 2 is 1.52 bits per heavy atom. The zero-order valence-electron chi connectivity index (χ0n) is 16.8. The normalized spacial score (nSPS) is 27.2. The fourth-order valence-electron chi connectivity index (χ4n) is 5.21. The van der Waals surface area contributed by atoms with Crippen LogP contribution in [0.4, 0.5) is 10.1 Å². The second-order valence-electron chi connectivity index (χ2n) is 8.46. The summed E-state index contributed by atoms with van der Waals surface area (Å²) in [6, 6.07) is 8.50.